The second-order valence-electron chi connectivity index (χ2n) is 4.87. The van der Waals surface area contributed by atoms with E-state index in [-0.39, 0.29) is 24.5 Å². The molecule has 1 aliphatic heterocycles. The molecule has 7 heteroatoms. The first-order chi connectivity index (χ1) is 10.3. The van der Waals surface area contributed by atoms with Gasteiger partial charge in [0.25, 0.3) is 0 Å². The van der Waals surface area contributed by atoms with E-state index in [2.05, 4.69) is 28.1 Å². The van der Waals surface area contributed by atoms with Crippen LogP contribution in [0.1, 0.15) is 5.56 Å². The van der Waals surface area contributed by atoms with E-state index in [0.29, 0.717) is 19.7 Å². The number of carbonyl (C=O) groups excluding carboxylic acids is 1. The Morgan fingerprint density at radius 3 is 2.86 bits per heavy atom. The summed E-state index contributed by atoms with van der Waals surface area (Å²) < 4.78 is 5.51. The van der Waals surface area contributed by atoms with Crippen LogP contribution >= 0.6 is 24.2 Å². The van der Waals surface area contributed by atoms with E-state index in [1.807, 2.05) is 30.0 Å². The highest BCUT2D eigenvalue weighted by Gasteiger charge is 2.13. The van der Waals surface area contributed by atoms with Gasteiger partial charge in [-0.25, -0.2) is 4.79 Å². The molecular weight excluding hydrogens is 322 g/mol. The van der Waals surface area contributed by atoms with Gasteiger partial charge in [-0.2, -0.15) is 11.8 Å². The number of thioether (sulfide) groups is 1. The number of hydrogen-bond donors (Lipinski definition) is 3. The maximum absolute atomic E-state index is 11.6. The molecule has 1 saturated heterocycles. The Morgan fingerprint density at radius 1 is 1.32 bits per heavy atom. The van der Waals surface area contributed by atoms with E-state index in [1.54, 1.807) is 0 Å². The van der Waals surface area contributed by atoms with Gasteiger partial charge in [0.2, 0.25) is 0 Å². The Hall–Kier alpha value is -0.950. The molecule has 2 amide bonds. The van der Waals surface area contributed by atoms with E-state index in [4.69, 9.17) is 4.74 Å². The normalized spacial score (nSPS) is 17.4. The molecule has 1 atom stereocenters. The minimum Gasteiger partial charge on any atom is -0.374 e. The Labute approximate surface area is 142 Å². The smallest absolute Gasteiger partial charge is 0.314 e. The summed E-state index contributed by atoms with van der Waals surface area (Å²) in [6, 6.07) is 10.2. The van der Waals surface area contributed by atoms with E-state index in [9.17, 15) is 4.79 Å². The molecule has 1 aromatic carbocycles. The third-order valence-electron chi connectivity index (χ3n) is 3.14. The number of hydrogen-bond acceptors (Lipinski definition) is 4. The predicted molar refractivity (Wildman–Crippen MR) is 93.9 cm³/mol. The van der Waals surface area contributed by atoms with Gasteiger partial charge in [0.05, 0.1) is 12.7 Å². The summed E-state index contributed by atoms with van der Waals surface area (Å²) >= 11 is 1.82. The topological polar surface area (TPSA) is 62.4 Å². The van der Waals surface area contributed by atoms with Crippen molar-refractivity contribution in [1.29, 1.82) is 0 Å². The largest absolute Gasteiger partial charge is 0.374 e. The zero-order valence-corrected chi connectivity index (χ0v) is 14.2. The Balaban J connectivity index is 0.00000242. The molecule has 0 spiro atoms. The van der Waals surface area contributed by atoms with Gasteiger partial charge < -0.3 is 20.7 Å². The molecule has 22 heavy (non-hydrogen) atoms. The number of rotatable bonds is 7. The van der Waals surface area contributed by atoms with Crippen LogP contribution in [0.3, 0.4) is 0 Å². The molecular formula is C15H24ClN3O2S. The first kappa shape index (κ1) is 19.1. The van der Waals surface area contributed by atoms with Crippen molar-refractivity contribution in [2.75, 3.05) is 38.5 Å². The second-order valence-corrected chi connectivity index (χ2v) is 5.98. The van der Waals surface area contributed by atoms with Crippen molar-refractivity contribution in [3.63, 3.8) is 0 Å². The molecule has 1 fully saturated rings. The van der Waals surface area contributed by atoms with Crippen LogP contribution in [0, 0.1) is 0 Å². The van der Waals surface area contributed by atoms with Gasteiger partial charge >= 0.3 is 6.03 Å². The molecule has 0 aliphatic carbocycles. The molecule has 0 saturated carbocycles. The quantitative estimate of drug-likeness (QED) is 0.657. The highest BCUT2D eigenvalue weighted by molar-refractivity contribution is 7.98. The van der Waals surface area contributed by atoms with Crippen LogP contribution < -0.4 is 16.0 Å². The van der Waals surface area contributed by atoms with Crippen LogP contribution in [0.5, 0.6) is 0 Å². The fraction of sp³-hybridized carbons (Fsp3) is 0.533. The van der Waals surface area contributed by atoms with Crippen LogP contribution in [0.25, 0.3) is 0 Å². The first-order valence-corrected chi connectivity index (χ1v) is 8.46. The summed E-state index contributed by atoms with van der Waals surface area (Å²) in [4.78, 5) is 11.6. The fourth-order valence-corrected chi connectivity index (χ4v) is 2.84. The Bertz CT molecular complexity index is 417. The lowest BCUT2D eigenvalue weighted by molar-refractivity contribution is 0.0307. The van der Waals surface area contributed by atoms with Gasteiger partial charge in [-0.15, -0.1) is 12.4 Å². The highest BCUT2D eigenvalue weighted by Crippen LogP contribution is 2.10. The lowest BCUT2D eigenvalue weighted by Gasteiger charge is -2.23. The van der Waals surface area contributed by atoms with Crippen molar-refractivity contribution in [2.45, 2.75) is 11.9 Å². The van der Waals surface area contributed by atoms with Gasteiger partial charge in [-0.1, -0.05) is 30.3 Å². The number of morpholine rings is 1. The molecule has 1 unspecified atom stereocenters. The van der Waals surface area contributed by atoms with Crippen molar-refractivity contribution in [3.05, 3.63) is 35.9 Å². The number of halogens is 1. The monoisotopic (exact) mass is 345 g/mol. The van der Waals surface area contributed by atoms with Crippen LogP contribution in [0.4, 0.5) is 4.79 Å². The van der Waals surface area contributed by atoms with Crippen molar-refractivity contribution in [2.24, 2.45) is 0 Å². The van der Waals surface area contributed by atoms with Crippen LogP contribution in [0.15, 0.2) is 30.3 Å². The van der Waals surface area contributed by atoms with E-state index < -0.39 is 0 Å². The number of urea groups is 1. The zero-order chi connectivity index (χ0) is 14.8. The van der Waals surface area contributed by atoms with Crippen molar-refractivity contribution >= 4 is 30.2 Å². The van der Waals surface area contributed by atoms with Gasteiger partial charge in [0.1, 0.15) is 0 Å². The van der Waals surface area contributed by atoms with Crippen LogP contribution in [-0.2, 0) is 10.5 Å². The SMILES string of the molecule is Cl.O=C(NCCSCc1ccccc1)NCC1CNCCO1. The van der Waals surface area contributed by atoms with Crippen molar-refractivity contribution in [1.82, 2.24) is 16.0 Å². The molecule has 3 N–H and O–H groups in total. The Kier molecular flexibility index (Phi) is 10.1. The fourth-order valence-electron chi connectivity index (χ4n) is 2.02. The highest BCUT2D eigenvalue weighted by atomic mass is 35.5. The zero-order valence-electron chi connectivity index (χ0n) is 12.5. The van der Waals surface area contributed by atoms with Gasteiger partial charge in [0, 0.05) is 37.7 Å². The lowest BCUT2D eigenvalue weighted by atomic mass is 10.2. The first-order valence-electron chi connectivity index (χ1n) is 7.30. The maximum atomic E-state index is 11.6. The average molecular weight is 346 g/mol. The third-order valence-corrected chi connectivity index (χ3v) is 4.17. The van der Waals surface area contributed by atoms with Crippen molar-refractivity contribution in [3.8, 4) is 0 Å². The molecule has 0 radical (unpaired) electrons. The van der Waals surface area contributed by atoms with Gasteiger partial charge in [-0.3, -0.25) is 0 Å². The Morgan fingerprint density at radius 2 is 2.14 bits per heavy atom. The summed E-state index contributed by atoms with van der Waals surface area (Å²) in [6.07, 6.45) is 0.0805. The predicted octanol–water partition coefficient (Wildman–Crippen LogP) is 1.63. The number of amides is 2. The molecule has 124 valence electrons. The summed E-state index contributed by atoms with van der Waals surface area (Å²) in [5, 5.41) is 8.93. The lowest BCUT2D eigenvalue weighted by Crippen LogP contribution is -2.47. The number of nitrogens with one attached hydrogen (secondary N) is 3. The molecule has 1 heterocycles. The average Bonchev–Trinajstić information content (AvgIpc) is 2.54. The maximum Gasteiger partial charge on any atom is 0.314 e. The van der Waals surface area contributed by atoms with Crippen LogP contribution in [-0.4, -0.2) is 50.7 Å². The minimum atomic E-state index is -0.121. The molecule has 2 rings (SSSR count). The van der Waals surface area contributed by atoms with Gasteiger partial charge in [0.15, 0.2) is 0 Å². The van der Waals surface area contributed by atoms with Crippen LogP contribution in [0.2, 0.25) is 0 Å². The van der Waals surface area contributed by atoms with E-state index >= 15 is 0 Å². The minimum absolute atomic E-state index is 0. The summed E-state index contributed by atoms with van der Waals surface area (Å²) in [7, 11) is 0. The molecule has 5 nitrogen and oxygen atoms in total. The summed E-state index contributed by atoms with van der Waals surface area (Å²) in [5.74, 6) is 1.88. The number of benzene rings is 1. The van der Waals surface area contributed by atoms with Crippen molar-refractivity contribution < 1.29 is 9.53 Å². The number of ether oxygens (including phenoxy) is 1. The molecule has 1 aromatic rings. The molecule has 1 aliphatic rings. The van der Waals surface area contributed by atoms with Gasteiger partial charge in [-0.05, 0) is 5.56 Å². The molecule has 0 aromatic heterocycles. The number of carbonyl (C=O) groups is 1. The summed E-state index contributed by atoms with van der Waals surface area (Å²) in [6.45, 7) is 3.63. The van der Waals surface area contributed by atoms with E-state index in [1.165, 1.54) is 5.56 Å². The summed E-state index contributed by atoms with van der Waals surface area (Å²) in [5.41, 5.74) is 1.31. The van der Waals surface area contributed by atoms with E-state index in [0.717, 1.165) is 24.6 Å². The second kappa shape index (κ2) is 11.6. The molecule has 0 bridgehead atoms. The standard InChI is InChI=1S/C15H23N3O2S.ClH/c19-15(18-11-14-10-16-6-8-20-14)17-7-9-21-12-13-4-2-1-3-5-13;/h1-5,14,16H,6-12H2,(H2,17,18,19);1H. The third kappa shape index (κ3) is 7.89.